The molecule has 0 unspecified atom stereocenters. The lowest BCUT2D eigenvalue weighted by Gasteiger charge is -2.34. The van der Waals surface area contributed by atoms with Crippen LogP contribution in [0.4, 0.5) is 17.1 Å². The Morgan fingerprint density at radius 3 is 1.64 bits per heavy atom. The summed E-state index contributed by atoms with van der Waals surface area (Å²) in [7, 11) is 0. The van der Waals surface area contributed by atoms with Crippen LogP contribution in [0.1, 0.15) is 22.3 Å². The van der Waals surface area contributed by atoms with Crippen LogP contribution in [-0.2, 0) is 5.41 Å². The van der Waals surface area contributed by atoms with Crippen molar-refractivity contribution < 1.29 is 0 Å². The van der Waals surface area contributed by atoms with Gasteiger partial charge in [0.2, 0.25) is 0 Å². The van der Waals surface area contributed by atoms with Crippen molar-refractivity contribution in [3.63, 3.8) is 0 Å². The molecule has 328 valence electrons. The zero-order valence-electron chi connectivity index (χ0n) is 38.2. The number of aromatic nitrogens is 1. The number of hydrogen-bond donors (Lipinski definition) is 0. The fourth-order valence-electron chi connectivity index (χ4n) is 11.6. The van der Waals surface area contributed by atoms with Gasteiger partial charge in [0.05, 0.1) is 16.4 Å². The minimum Gasteiger partial charge on any atom is -0.310 e. The molecule has 1 aliphatic carbocycles. The molecule has 0 atom stereocenters. The lowest BCUT2D eigenvalue weighted by Crippen LogP contribution is -2.28. The molecule has 0 radical (unpaired) electrons. The highest BCUT2D eigenvalue weighted by molar-refractivity contribution is 7.26. The smallest absolute Gasteiger partial charge is 0.0713 e. The number of para-hydroxylation sites is 2. The molecule has 2 aromatic heterocycles. The van der Waals surface area contributed by atoms with Gasteiger partial charge in [-0.15, -0.1) is 11.3 Å². The fourth-order valence-corrected chi connectivity index (χ4v) is 12.9. The number of hydrogen-bond acceptors (Lipinski definition) is 2. The normalized spacial score (nSPS) is 12.7. The lowest BCUT2D eigenvalue weighted by atomic mass is 9.68. The van der Waals surface area contributed by atoms with E-state index in [-0.39, 0.29) is 0 Å². The van der Waals surface area contributed by atoms with Gasteiger partial charge in [-0.2, -0.15) is 0 Å². The second-order valence-corrected chi connectivity index (χ2v) is 19.4. The van der Waals surface area contributed by atoms with Gasteiger partial charge in [-0.25, -0.2) is 0 Å². The summed E-state index contributed by atoms with van der Waals surface area (Å²) >= 11 is 1.88. The summed E-state index contributed by atoms with van der Waals surface area (Å²) in [6.45, 7) is 0. The Morgan fingerprint density at radius 1 is 0.329 bits per heavy atom. The largest absolute Gasteiger partial charge is 0.310 e. The highest BCUT2D eigenvalue weighted by Crippen LogP contribution is 2.57. The maximum absolute atomic E-state index is 2.44. The van der Waals surface area contributed by atoms with Crippen LogP contribution in [-0.4, -0.2) is 4.57 Å². The number of thiophene rings is 1. The highest BCUT2D eigenvalue weighted by atomic mass is 32.1. The van der Waals surface area contributed by atoms with Gasteiger partial charge in [-0.3, -0.25) is 0 Å². The summed E-state index contributed by atoms with van der Waals surface area (Å²) in [5, 5.41) is 5.13. The van der Waals surface area contributed by atoms with E-state index in [2.05, 4.69) is 276 Å². The van der Waals surface area contributed by atoms with Gasteiger partial charge < -0.3 is 9.47 Å². The average molecular weight is 909 g/mol. The fraction of sp³-hybridized carbons (Fsp3) is 0.0149. The first-order valence-corrected chi connectivity index (χ1v) is 24.9. The van der Waals surface area contributed by atoms with Crippen LogP contribution >= 0.6 is 11.3 Å². The first-order chi connectivity index (χ1) is 34.7. The molecule has 2 nitrogen and oxygen atoms in total. The third kappa shape index (κ3) is 6.19. The van der Waals surface area contributed by atoms with E-state index in [0.29, 0.717) is 0 Å². The van der Waals surface area contributed by atoms with Crippen LogP contribution in [0.3, 0.4) is 0 Å². The lowest BCUT2D eigenvalue weighted by molar-refractivity contribution is 0.768. The number of benzene rings is 11. The Balaban J connectivity index is 0.935. The summed E-state index contributed by atoms with van der Waals surface area (Å²) in [6, 6.07) is 98.5. The highest BCUT2D eigenvalue weighted by Gasteiger charge is 2.46. The summed E-state index contributed by atoms with van der Waals surface area (Å²) < 4.78 is 5.06. The van der Waals surface area contributed by atoms with Gasteiger partial charge in [0.25, 0.3) is 0 Å². The Hall–Kier alpha value is -8.76. The van der Waals surface area contributed by atoms with Crippen molar-refractivity contribution in [2.24, 2.45) is 0 Å². The molecule has 0 fully saturated rings. The summed E-state index contributed by atoms with van der Waals surface area (Å²) in [5.41, 5.74) is 18.7. The zero-order chi connectivity index (χ0) is 46.2. The molecule has 0 aliphatic heterocycles. The van der Waals surface area contributed by atoms with E-state index in [1.54, 1.807) is 0 Å². The third-order valence-corrected chi connectivity index (χ3v) is 15.9. The van der Waals surface area contributed by atoms with Gasteiger partial charge in [0, 0.05) is 53.7 Å². The van der Waals surface area contributed by atoms with Crippen molar-refractivity contribution >= 4 is 70.4 Å². The van der Waals surface area contributed by atoms with E-state index >= 15 is 0 Å². The van der Waals surface area contributed by atoms with Gasteiger partial charge in [-0.05, 0) is 122 Å². The van der Waals surface area contributed by atoms with Crippen LogP contribution in [0.15, 0.2) is 267 Å². The van der Waals surface area contributed by atoms with Crippen molar-refractivity contribution in [2.75, 3.05) is 4.90 Å². The van der Waals surface area contributed by atoms with Gasteiger partial charge in [-0.1, -0.05) is 200 Å². The molecule has 2 heterocycles. The van der Waals surface area contributed by atoms with Gasteiger partial charge in [0.1, 0.15) is 0 Å². The molecule has 14 rings (SSSR count). The van der Waals surface area contributed by atoms with E-state index in [9.17, 15) is 0 Å². The topological polar surface area (TPSA) is 8.17 Å². The van der Waals surface area contributed by atoms with Crippen molar-refractivity contribution in [3.8, 4) is 39.1 Å². The zero-order valence-corrected chi connectivity index (χ0v) is 39.0. The number of nitrogens with zero attached hydrogens (tertiary/aromatic N) is 2. The van der Waals surface area contributed by atoms with Gasteiger partial charge in [0.15, 0.2) is 0 Å². The number of rotatable bonds is 8. The molecule has 1 aliphatic rings. The van der Waals surface area contributed by atoms with E-state index < -0.39 is 5.41 Å². The van der Waals surface area contributed by atoms with Crippen LogP contribution in [0.25, 0.3) is 81.0 Å². The summed E-state index contributed by atoms with van der Waals surface area (Å²) in [4.78, 5) is 2.44. The van der Waals surface area contributed by atoms with E-state index in [1.807, 2.05) is 11.3 Å². The van der Waals surface area contributed by atoms with Crippen molar-refractivity contribution in [1.29, 1.82) is 0 Å². The Bertz CT molecular complexity index is 4030. The average Bonchev–Trinajstić information content (AvgIpc) is 4.08. The first-order valence-electron chi connectivity index (χ1n) is 24.1. The Morgan fingerprint density at radius 2 is 0.886 bits per heavy atom. The van der Waals surface area contributed by atoms with Crippen molar-refractivity contribution in [1.82, 2.24) is 4.57 Å². The molecule has 0 saturated carbocycles. The van der Waals surface area contributed by atoms with E-state index in [0.717, 1.165) is 22.7 Å². The molecule has 13 aromatic rings. The Labute approximate surface area is 411 Å². The second-order valence-electron chi connectivity index (χ2n) is 18.4. The maximum Gasteiger partial charge on any atom is 0.0713 e. The van der Waals surface area contributed by atoms with Crippen molar-refractivity contribution in [3.05, 3.63) is 289 Å². The predicted molar refractivity (Wildman–Crippen MR) is 297 cm³/mol. The molecular formula is C67H44N2S. The van der Waals surface area contributed by atoms with Crippen LogP contribution in [0.5, 0.6) is 0 Å². The van der Waals surface area contributed by atoms with Crippen LogP contribution in [0.2, 0.25) is 0 Å². The Kier molecular flexibility index (Phi) is 9.33. The quantitative estimate of drug-likeness (QED) is 0.147. The molecule has 0 bridgehead atoms. The SMILES string of the molecule is c1ccc(C2(c3ccccc3)c3ccccc3-c3cc(N(c4ccc(-c5cccc(-c6cccc7c6sc6ccccc67)c5)cc4)c4cccc(-n5c6ccccc6c6ccccc65)c4)ccc32)cc1. The molecule has 0 saturated heterocycles. The number of anilines is 3. The van der Waals surface area contributed by atoms with Gasteiger partial charge >= 0.3 is 0 Å². The van der Waals surface area contributed by atoms with Crippen molar-refractivity contribution in [2.45, 2.75) is 5.41 Å². The predicted octanol–water partition coefficient (Wildman–Crippen LogP) is 18.3. The molecule has 3 heteroatoms. The molecule has 70 heavy (non-hydrogen) atoms. The molecule has 11 aromatic carbocycles. The maximum atomic E-state index is 2.44. The van der Waals surface area contributed by atoms with Crippen LogP contribution < -0.4 is 4.90 Å². The van der Waals surface area contributed by atoms with Crippen LogP contribution in [0, 0.1) is 0 Å². The third-order valence-electron chi connectivity index (χ3n) is 14.7. The minimum absolute atomic E-state index is 0.479. The number of fused-ring (bicyclic) bond motifs is 9. The molecular weight excluding hydrogens is 865 g/mol. The second kappa shape index (κ2) is 16.2. The monoisotopic (exact) mass is 908 g/mol. The molecule has 0 spiro atoms. The summed E-state index contributed by atoms with van der Waals surface area (Å²) in [5.74, 6) is 0. The minimum atomic E-state index is -0.479. The standard InChI is InChI=1S/C67H44N2S/c1-3-20-48(21-4-1)67(49-22-5-2-6-23-49)61-32-11-7-26-55(61)60-44-53(40-41-62(60)67)68(51-24-16-25-52(43-51)69-63-33-12-8-27-56(63)57-28-9-13-34-64(57)69)50-38-36-45(37-39-50)46-18-15-19-47(42-46)54-30-17-31-59-58-29-10-14-35-65(58)70-66(54)59/h1-44H. The summed E-state index contributed by atoms with van der Waals surface area (Å²) in [6.07, 6.45) is 0. The first kappa shape index (κ1) is 40.3. The molecule has 0 amide bonds. The van der Waals surface area contributed by atoms with E-state index in [4.69, 9.17) is 0 Å². The molecule has 0 N–H and O–H groups in total. The van der Waals surface area contributed by atoms with E-state index in [1.165, 1.54) is 97.6 Å².